The van der Waals surface area contributed by atoms with Crippen LogP contribution in [0.5, 0.6) is 0 Å². The van der Waals surface area contributed by atoms with Gasteiger partial charge in [-0.15, -0.1) is 0 Å². The first-order chi connectivity index (χ1) is 11.0. The molecule has 3 rings (SSSR count). The van der Waals surface area contributed by atoms with Gasteiger partial charge in [-0.1, -0.05) is 6.92 Å². The lowest BCUT2D eigenvalue weighted by Gasteiger charge is -2.40. The molecule has 0 heterocycles. The van der Waals surface area contributed by atoms with E-state index >= 15 is 0 Å². The molecule has 0 aromatic rings. The lowest BCUT2D eigenvalue weighted by atomic mass is 9.77. The highest BCUT2D eigenvalue weighted by Crippen LogP contribution is 2.36. The minimum Gasteiger partial charge on any atom is -0.393 e. The molecule has 0 bridgehead atoms. The molecule has 3 aliphatic carbocycles. The number of hydrogen-bond acceptors (Lipinski definition) is 3. The summed E-state index contributed by atoms with van der Waals surface area (Å²) in [5, 5.41) is 13.0. The monoisotopic (exact) mass is 322 g/mol. The second-order valence-corrected chi connectivity index (χ2v) is 7.77. The van der Waals surface area contributed by atoms with E-state index in [1.165, 1.54) is 0 Å². The molecular weight excluding hydrogens is 292 g/mol. The molecule has 0 spiro atoms. The number of aliphatic hydroxyl groups excluding tert-OH is 1. The highest BCUT2D eigenvalue weighted by Gasteiger charge is 2.43. The molecule has 2 amide bonds. The van der Waals surface area contributed by atoms with Crippen molar-refractivity contribution in [1.29, 1.82) is 0 Å². The summed E-state index contributed by atoms with van der Waals surface area (Å²) in [6.45, 7) is 2.92. The molecule has 0 radical (unpaired) electrons. The highest BCUT2D eigenvalue weighted by molar-refractivity contribution is 5.84. The maximum absolute atomic E-state index is 12.8. The second-order valence-electron chi connectivity index (χ2n) is 7.77. The fraction of sp³-hybridized carbons (Fsp3) is 0.889. The van der Waals surface area contributed by atoms with Gasteiger partial charge in [-0.05, 0) is 57.8 Å². The standard InChI is InChI=1S/C18H30N2O3/c1-2-11-20(14-5-6-14)16(22)12-18(9-7-15(21)8-10-18)19-17(23)13-3-4-13/h13-15,21H,2-12H2,1H3,(H,19,23). The molecule has 23 heavy (non-hydrogen) atoms. The normalized spacial score (nSPS) is 30.8. The van der Waals surface area contributed by atoms with E-state index in [4.69, 9.17) is 0 Å². The molecule has 5 heteroatoms. The predicted molar refractivity (Wildman–Crippen MR) is 87.7 cm³/mol. The quantitative estimate of drug-likeness (QED) is 0.753. The van der Waals surface area contributed by atoms with Gasteiger partial charge in [0, 0.05) is 30.5 Å². The number of carbonyl (C=O) groups is 2. The minimum atomic E-state index is -0.434. The van der Waals surface area contributed by atoms with Crippen LogP contribution in [0.15, 0.2) is 0 Å². The zero-order valence-electron chi connectivity index (χ0n) is 14.2. The fourth-order valence-corrected chi connectivity index (χ4v) is 3.74. The largest absolute Gasteiger partial charge is 0.393 e. The van der Waals surface area contributed by atoms with Crippen LogP contribution in [0.1, 0.15) is 71.1 Å². The van der Waals surface area contributed by atoms with E-state index in [-0.39, 0.29) is 23.8 Å². The molecule has 0 aromatic heterocycles. The number of aliphatic hydroxyl groups is 1. The molecule has 0 unspecified atom stereocenters. The van der Waals surface area contributed by atoms with E-state index in [2.05, 4.69) is 12.2 Å². The number of nitrogens with one attached hydrogen (secondary N) is 1. The Hall–Kier alpha value is -1.10. The molecule has 0 aromatic carbocycles. The van der Waals surface area contributed by atoms with E-state index in [1.54, 1.807) is 0 Å². The lowest BCUT2D eigenvalue weighted by molar-refractivity contribution is -0.135. The van der Waals surface area contributed by atoms with Gasteiger partial charge in [0.15, 0.2) is 0 Å². The van der Waals surface area contributed by atoms with Crippen LogP contribution < -0.4 is 5.32 Å². The van der Waals surface area contributed by atoms with Gasteiger partial charge >= 0.3 is 0 Å². The van der Waals surface area contributed by atoms with Crippen molar-refractivity contribution in [2.75, 3.05) is 6.54 Å². The Bertz CT molecular complexity index is 449. The van der Waals surface area contributed by atoms with Crippen molar-refractivity contribution >= 4 is 11.8 Å². The highest BCUT2D eigenvalue weighted by atomic mass is 16.3. The third kappa shape index (κ3) is 4.25. The average Bonchev–Trinajstić information content (AvgIpc) is 3.39. The third-order valence-corrected chi connectivity index (χ3v) is 5.51. The molecule has 2 N–H and O–H groups in total. The van der Waals surface area contributed by atoms with Gasteiger partial charge in [-0.2, -0.15) is 0 Å². The zero-order valence-corrected chi connectivity index (χ0v) is 14.2. The molecule has 0 atom stereocenters. The Morgan fingerprint density at radius 1 is 1.13 bits per heavy atom. The first-order valence-corrected chi connectivity index (χ1v) is 9.32. The van der Waals surface area contributed by atoms with Crippen LogP contribution in [0.25, 0.3) is 0 Å². The number of amides is 2. The summed E-state index contributed by atoms with van der Waals surface area (Å²) in [4.78, 5) is 27.2. The number of rotatable bonds is 7. The van der Waals surface area contributed by atoms with Crippen LogP contribution in [0.3, 0.4) is 0 Å². The van der Waals surface area contributed by atoms with E-state index in [0.717, 1.165) is 38.6 Å². The van der Waals surface area contributed by atoms with Crippen LogP contribution >= 0.6 is 0 Å². The van der Waals surface area contributed by atoms with Crippen molar-refractivity contribution in [3.8, 4) is 0 Å². The SMILES string of the molecule is CCCN(C(=O)CC1(NC(=O)C2CC2)CCC(O)CC1)C1CC1. The van der Waals surface area contributed by atoms with Crippen molar-refractivity contribution < 1.29 is 14.7 Å². The average molecular weight is 322 g/mol. The molecule has 0 saturated heterocycles. The molecule has 3 aliphatic rings. The van der Waals surface area contributed by atoms with Crippen molar-refractivity contribution in [2.45, 2.75) is 88.8 Å². The summed E-state index contributed by atoms with van der Waals surface area (Å²) in [5.74, 6) is 0.452. The van der Waals surface area contributed by atoms with Crippen molar-refractivity contribution in [3.05, 3.63) is 0 Å². The summed E-state index contributed by atoms with van der Waals surface area (Å²) in [5.41, 5.74) is -0.434. The lowest BCUT2D eigenvalue weighted by Crippen LogP contribution is -2.54. The fourth-order valence-electron chi connectivity index (χ4n) is 3.74. The van der Waals surface area contributed by atoms with Crippen LogP contribution in [-0.2, 0) is 9.59 Å². The maximum atomic E-state index is 12.8. The maximum Gasteiger partial charge on any atom is 0.225 e. The minimum absolute atomic E-state index is 0.114. The summed E-state index contributed by atoms with van der Waals surface area (Å²) in [7, 11) is 0. The Balaban J connectivity index is 1.66. The second kappa shape index (κ2) is 6.80. The van der Waals surface area contributed by atoms with Gasteiger partial charge in [0.2, 0.25) is 11.8 Å². The number of carbonyl (C=O) groups excluding carboxylic acids is 2. The molecule has 3 saturated carbocycles. The van der Waals surface area contributed by atoms with Gasteiger partial charge in [0.25, 0.3) is 0 Å². The summed E-state index contributed by atoms with van der Waals surface area (Å²) in [6.07, 6.45) is 8.04. The van der Waals surface area contributed by atoms with Crippen LogP contribution in [-0.4, -0.2) is 46.1 Å². The third-order valence-electron chi connectivity index (χ3n) is 5.51. The van der Waals surface area contributed by atoms with Crippen LogP contribution in [0.4, 0.5) is 0 Å². The molecule has 130 valence electrons. The van der Waals surface area contributed by atoms with Crippen molar-refractivity contribution in [1.82, 2.24) is 10.2 Å². The molecule has 5 nitrogen and oxygen atoms in total. The van der Waals surface area contributed by atoms with Crippen LogP contribution in [0, 0.1) is 5.92 Å². The Kier molecular flexibility index (Phi) is 4.95. The summed E-state index contributed by atoms with van der Waals surface area (Å²) >= 11 is 0. The first-order valence-electron chi connectivity index (χ1n) is 9.32. The summed E-state index contributed by atoms with van der Waals surface area (Å²) < 4.78 is 0. The van der Waals surface area contributed by atoms with Gasteiger partial charge in [0.05, 0.1) is 6.10 Å². The summed E-state index contributed by atoms with van der Waals surface area (Å²) in [6, 6.07) is 0.424. The first kappa shape index (κ1) is 16.7. The number of hydrogen-bond donors (Lipinski definition) is 2. The Morgan fingerprint density at radius 2 is 1.78 bits per heavy atom. The van der Waals surface area contributed by atoms with E-state index in [0.29, 0.717) is 38.1 Å². The van der Waals surface area contributed by atoms with Gasteiger partial charge in [0.1, 0.15) is 0 Å². The Morgan fingerprint density at radius 3 is 2.30 bits per heavy atom. The Labute approximate surface area is 138 Å². The van der Waals surface area contributed by atoms with E-state index < -0.39 is 5.54 Å². The predicted octanol–water partition coefficient (Wildman–Crippen LogP) is 1.98. The van der Waals surface area contributed by atoms with Gasteiger partial charge in [-0.25, -0.2) is 0 Å². The smallest absolute Gasteiger partial charge is 0.225 e. The number of nitrogens with zero attached hydrogens (tertiary/aromatic N) is 1. The molecular formula is C18H30N2O3. The van der Waals surface area contributed by atoms with E-state index in [9.17, 15) is 14.7 Å². The van der Waals surface area contributed by atoms with Crippen molar-refractivity contribution in [2.24, 2.45) is 5.92 Å². The molecule has 3 fully saturated rings. The van der Waals surface area contributed by atoms with Gasteiger partial charge in [-0.3, -0.25) is 9.59 Å². The van der Waals surface area contributed by atoms with Gasteiger partial charge < -0.3 is 15.3 Å². The topological polar surface area (TPSA) is 69.6 Å². The zero-order chi connectivity index (χ0) is 16.4. The van der Waals surface area contributed by atoms with Crippen LogP contribution in [0.2, 0.25) is 0 Å². The van der Waals surface area contributed by atoms with E-state index in [1.807, 2.05) is 4.90 Å². The molecule has 0 aliphatic heterocycles. The van der Waals surface area contributed by atoms with Crippen molar-refractivity contribution in [3.63, 3.8) is 0 Å².